The lowest BCUT2D eigenvalue weighted by atomic mass is 9.87. The second-order valence-corrected chi connectivity index (χ2v) is 7.92. The van der Waals surface area contributed by atoms with Crippen LogP contribution in [0.25, 0.3) is 0 Å². The van der Waals surface area contributed by atoms with E-state index in [0.29, 0.717) is 29.6 Å². The fourth-order valence-electron chi connectivity index (χ4n) is 3.65. The van der Waals surface area contributed by atoms with Gasteiger partial charge in [-0.15, -0.1) is 0 Å². The quantitative estimate of drug-likeness (QED) is 0.725. The molecule has 0 unspecified atom stereocenters. The van der Waals surface area contributed by atoms with Gasteiger partial charge in [-0.1, -0.05) is 49.1 Å². The molecule has 1 aliphatic carbocycles. The molecule has 1 saturated carbocycles. The molecular weight excluding hydrogens is 390 g/mol. The van der Waals surface area contributed by atoms with Crippen LogP contribution in [0.5, 0.6) is 0 Å². The Labute approximate surface area is 175 Å². The van der Waals surface area contributed by atoms with Crippen molar-refractivity contribution in [3.63, 3.8) is 0 Å². The molecule has 0 radical (unpaired) electrons. The van der Waals surface area contributed by atoms with Gasteiger partial charge in [0, 0.05) is 23.7 Å². The van der Waals surface area contributed by atoms with Crippen LogP contribution in [0.4, 0.5) is 5.69 Å². The van der Waals surface area contributed by atoms with E-state index in [9.17, 15) is 14.4 Å². The highest BCUT2D eigenvalue weighted by Crippen LogP contribution is 2.26. The standard InChI is InChI=1S/C22H26ClN3O3/c23-19-9-5-4-8-17(19)14-26-15-18(10-11-22(26)29)25-21(28)13-24-20(27)12-16-6-2-1-3-7-16/h4-5,8-11,15-16H,1-3,6-7,12-14H2,(H,24,27)(H,25,28). The third kappa shape index (κ3) is 6.46. The van der Waals surface area contributed by atoms with Crippen molar-refractivity contribution in [1.29, 1.82) is 0 Å². The van der Waals surface area contributed by atoms with Crippen LogP contribution in [0.1, 0.15) is 44.1 Å². The van der Waals surface area contributed by atoms with Crippen LogP contribution in [0, 0.1) is 5.92 Å². The van der Waals surface area contributed by atoms with Gasteiger partial charge in [0.1, 0.15) is 0 Å². The first-order valence-electron chi connectivity index (χ1n) is 10.0. The maximum atomic E-state index is 12.2. The van der Waals surface area contributed by atoms with Gasteiger partial charge in [0.15, 0.2) is 0 Å². The minimum Gasteiger partial charge on any atom is -0.347 e. The van der Waals surface area contributed by atoms with Crippen LogP contribution < -0.4 is 16.2 Å². The van der Waals surface area contributed by atoms with Crippen LogP contribution in [-0.2, 0) is 16.1 Å². The average Bonchev–Trinajstić information content (AvgIpc) is 2.71. The van der Waals surface area contributed by atoms with Gasteiger partial charge in [0.2, 0.25) is 11.8 Å². The number of aromatic nitrogens is 1. The van der Waals surface area contributed by atoms with Crippen molar-refractivity contribution in [1.82, 2.24) is 9.88 Å². The van der Waals surface area contributed by atoms with Gasteiger partial charge in [0.05, 0.1) is 18.8 Å². The average molecular weight is 416 g/mol. The summed E-state index contributed by atoms with van der Waals surface area (Å²) in [4.78, 5) is 36.4. The van der Waals surface area contributed by atoms with Crippen LogP contribution >= 0.6 is 11.6 Å². The molecule has 29 heavy (non-hydrogen) atoms. The van der Waals surface area contributed by atoms with Crippen molar-refractivity contribution in [3.05, 3.63) is 63.5 Å². The molecule has 1 aromatic heterocycles. The number of hydrogen-bond acceptors (Lipinski definition) is 3. The highest BCUT2D eigenvalue weighted by molar-refractivity contribution is 6.31. The van der Waals surface area contributed by atoms with Crippen molar-refractivity contribution in [2.45, 2.75) is 45.1 Å². The first-order chi connectivity index (χ1) is 14.0. The number of hydrogen-bond donors (Lipinski definition) is 2. The van der Waals surface area contributed by atoms with Crippen LogP contribution in [0.2, 0.25) is 5.02 Å². The highest BCUT2D eigenvalue weighted by atomic mass is 35.5. The summed E-state index contributed by atoms with van der Waals surface area (Å²) >= 11 is 6.17. The molecule has 2 aromatic rings. The molecule has 2 N–H and O–H groups in total. The topological polar surface area (TPSA) is 80.2 Å². The normalized spacial score (nSPS) is 14.4. The van der Waals surface area contributed by atoms with Gasteiger partial charge in [-0.25, -0.2) is 0 Å². The van der Waals surface area contributed by atoms with E-state index in [-0.39, 0.29) is 23.9 Å². The molecule has 1 aromatic carbocycles. The summed E-state index contributed by atoms with van der Waals surface area (Å²) in [5.41, 5.74) is 1.11. The number of rotatable bonds is 7. The van der Waals surface area contributed by atoms with Crippen molar-refractivity contribution >= 4 is 29.1 Å². The molecule has 0 spiro atoms. The zero-order valence-corrected chi connectivity index (χ0v) is 17.1. The Bertz CT molecular complexity index is 920. The second-order valence-electron chi connectivity index (χ2n) is 7.51. The molecule has 0 bridgehead atoms. The highest BCUT2D eigenvalue weighted by Gasteiger charge is 2.17. The molecule has 6 nitrogen and oxygen atoms in total. The number of amides is 2. The van der Waals surface area contributed by atoms with E-state index in [1.165, 1.54) is 29.9 Å². The zero-order valence-electron chi connectivity index (χ0n) is 16.3. The summed E-state index contributed by atoms with van der Waals surface area (Å²) in [5.74, 6) is 0.0147. The largest absolute Gasteiger partial charge is 0.347 e. The van der Waals surface area contributed by atoms with E-state index in [0.717, 1.165) is 18.4 Å². The van der Waals surface area contributed by atoms with E-state index in [4.69, 9.17) is 11.6 Å². The Morgan fingerprint density at radius 2 is 1.79 bits per heavy atom. The lowest BCUT2D eigenvalue weighted by molar-refractivity contribution is -0.125. The van der Waals surface area contributed by atoms with E-state index in [1.54, 1.807) is 18.3 Å². The monoisotopic (exact) mass is 415 g/mol. The Hall–Kier alpha value is -2.60. The third-order valence-corrected chi connectivity index (χ3v) is 5.58. The summed E-state index contributed by atoms with van der Waals surface area (Å²) in [7, 11) is 0. The first kappa shape index (κ1) is 21.1. The number of benzene rings is 1. The molecule has 1 fully saturated rings. The van der Waals surface area contributed by atoms with Gasteiger partial charge in [-0.2, -0.15) is 0 Å². The predicted molar refractivity (Wildman–Crippen MR) is 114 cm³/mol. The van der Waals surface area contributed by atoms with E-state index in [1.807, 2.05) is 18.2 Å². The molecular formula is C22H26ClN3O3. The summed E-state index contributed by atoms with van der Waals surface area (Å²) in [6.45, 7) is 0.218. The number of carbonyl (C=O) groups excluding carboxylic acids is 2. The Morgan fingerprint density at radius 1 is 1.03 bits per heavy atom. The number of nitrogens with one attached hydrogen (secondary N) is 2. The third-order valence-electron chi connectivity index (χ3n) is 5.21. The molecule has 7 heteroatoms. The molecule has 154 valence electrons. The van der Waals surface area contributed by atoms with Gasteiger partial charge in [0.25, 0.3) is 5.56 Å². The molecule has 1 aliphatic rings. The number of anilines is 1. The Kier molecular flexibility index (Phi) is 7.47. The number of nitrogens with zero attached hydrogens (tertiary/aromatic N) is 1. The van der Waals surface area contributed by atoms with E-state index in [2.05, 4.69) is 10.6 Å². The summed E-state index contributed by atoms with van der Waals surface area (Å²) in [6.07, 6.45) is 7.85. The van der Waals surface area contributed by atoms with Gasteiger partial charge in [-0.05, 0) is 36.5 Å². The number of carbonyl (C=O) groups is 2. The summed E-state index contributed by atoms with van der Waals surface area (Å²) < 4.78 is 1.48. The summed E-state index contributed by atoms with van der Waals surface area (Å²) in [6, 6.07) is 10.2. The zero-order chi connectivity index (χ0) is 20.6. The van der Waals surface area contributed by atoms with E-state index < -0.39 is 0 Å². The fourth-order valence-corrected chi connectivity index (χ4v) is 3.84. The summed E-state index contributed by atoms with van der Waals surface area (Å²) in [5, 5.41) is 5.99. The lowest BCUT2D eigenvalue weighted by Gasteiger charge is -2.20. The maximum Gasteiger partial charge on any atom is 0.250 e. The van der Waals surface area contributed by atoms with Gasteiger partial charge < -0.3 is 15.2 Å². The maximum absolute atomic E-state index is 12.2. The lowest BCUT2D eigenvalue weighted by Crippen LogP contribution is -2.34. The van der Waals surface area contributed by atoms with Crippen LogP contribution in [-0.4, -0.2) is 22.9 Å². The van der Waals surface area contributed by atoms with Crippen molar-refractivity contribution in [3.8, 4) is 0 Å². The number of pyridine rings is 1. The van der Waals surface area contributed by atoms with Crippen molar-refractivity contribution < 1.29 is 9.59 Å². The number of halogens is 1. The van der Waals surface area contributed by atoms with Gasteiger partial charge in [-0.3, -0.25) is 14.4 Å². The Morgan fingerprint density at radius 3 is 2.55 bits per heavy atom. The smallest absolute Gasteiger partial charge is 0.250 e. The second kappa shape index (κ2) is 10.3. The molecule has 0 saturated heterocycles. The molecule has 0 aliphatic heterocycles. The molecule has 3 rings (SSSR count). The van der Waals surface area contributed by atoms with Crippen LogP contribution in [0.15, 0.2) is 47.4 Å². The molecule has 0 atom stereocenters. The minimum absolute atomic E-state index is 0.0873. The minimum atomic E-state index is -0.329. The molecule has 2 amide bonds. The van der Waals surface area contributed by atoms with Crippen molar-refractivity contribution in [2.24, 2.45) is 5.92 Å². The van der Waals surface area contributed by atoms with Gasteiger partial charge >= 0.3 is 0 Å². The van der Waals surface area contributed by atoms with E-state index >= 15 is 0 Å². The predicted octanol–water partition coefficient (Wildman–Crippen LogP) is 3.58. The first-order valence-corrected chi connectivity index (χ1v) is 10.4. The van der Waals surface area contributed by atoms with Crippen molar-refractivity contribution in [2.75, 3.05) is 11.9 Å². The van der Waals surface area contributed by atoms with Crippen LogP contribution in [0.3, 0.4) is 0 Å². The fraction of sp³-hybridized carbons (Fsp3) is 0.409. The molecule has 1 heterocycles. The SMILES string of the molecule is O=C(CC1CCCCC1)NCC(=O)Nc1ccc(=O)n(Cc2ccccc2Cl)c1. The Balaban J connectivity index is 1.53.